The molecule has 0 atom stereocenters. The fourth-order valence-electron chi connectivity index (χ4n) is 2.83. The van der Waals surface area contributed by atoms with E-state index in [0.717, 1.165) is 0 Å². The van der Waals surface area contributed by atoms with E-state index < -0.39 is 23.2 Å². The van der Waals surface area contributed by atoms with Crippen LogP contribution < -0.4 is 0 Å². The van der Waals surface area contributed by atoms with Crippen LogP contribution in [-0.2, 0) is 23.2 Å². The predicted octanol–water partition coefficient (Wildman–Crippen LogP) is 5.59. The topological polar surface area (TPSA) is 0 Å². The zero-order valence-corrected chi connectivity index (χ0v) is 15.7. The van der Waals surface area contributed by atoms with Crippen LogP contribution in [0.15, 0.2) is 42.0 Å². The molecule has 0 amide bonds. The molecule has 0 nitrogen and oxygen atoms in total. The Balaban J connectivity index is 2.28. The molecule has 2 rings (SSSR count). The molecule has 0 saturated heterocycles. The average molecular weight is 334 g/mol. The van der Waals surface area contributed by atoms with Crippen LogP contribution in [0.2, 0.25) is 0 Å². The summed E-state index contributed by atoms with van der Waals surface area (Å²) in [5.74, 6) is 0. The first-order valence-electron chi connectivity index (χ1n) is 7.27. The molecule has 0 aromatic heterocycles. The van der Waals surface area contributed by atoms with Crippen LogP contribution in [-0.4, -0.2) is 0 Å². The second kappa shape index (κ2) is 5.32. The van der Waals surface area contributed by atoms with Gasteiger partial charge in [0.2, 0.25) is 0 Å². The van der Waals surface area contributed by atoms with Crippen molar-refractivity contribution < 1.29 is 23.2 Å². The van der Waals surface area contributed by atoms with Gasteiger partial charge in [-0.05, 0) is 0 Å². The van der Waals surface area contributed by atoms with Gasteiger partial charge < -0.3 is 0 Å². The Kier molecular flexibility index (Phi) is 4.27. The van der Waals surface area contributed by atoms with Crippen LogP contribution in [0, 0.1) is 10.8 Å². The van der Waals surface area contributed by atoms with E-state index in [0.29, 0.717) is 10.8 Å². The molecule has 0 saturated carbocycles. The first-order valence-corrected chi connectivity index (χ1v) is 9.73. The zero-order chi connectivity index (χ0) is 14.3. The summed E-state index contributed by atoms with van der Waals surface area (Å²) >= 11 is -0.575. The SMILES string of the molecule is CC(C)(C)C1=[C]([Zr][C]2=C(C(C)(C)C)C=CC2)CC=C1. The molecule has 0 aliphatic heterocycles. The molecular formula is C18H26Zr. The summed E-state index contributed by atoms with van der Waals surface area (Å²) in [6, 6.07) is 0. The molecule has 102 valence electrons. The third-order valence-corrected chi connectivity index (χ3v) is 7.59. The van der Waals surface area contributed by atoms with E-state index in [1.807, 2.05) is 0 Å². The molecule has 2 aliphatic rings. The van der Waals surface area contributed by atoms with Crippen molar-refractivity contribution in [3.05, 3.63) is 42.0 Å². The van der Waals surface area contributed by atoms with E-state index in [9.17, 15) is 0 Å². The van der Waals surface area contributed by atoms with Crippen molar-refractivity contribution in [3.8, 4) is 0 Å². The van der Waals surface area contributed by atoms with Crippen LogP contribution in [0.1, 0.15) is 54.4 Å². The Labute approximate surface area is 130 Å². The summed E-state index contributed by atoms with van der Waals surface area (Å²) in [5.41, 5.74) is 3.90. The van der Waals surface area contributed by atoms with Crippen LogP contribution in [0.3, 0.4) is 0 Å². The van der Waals surface area contributed by atoms with Crippen LogP contribution in [0.4, 0.5) is 0 Å². The zero-order valence-electron chi connectivity index (χ0n) is 13.2. The summed E-state index contributed by atoms with van der Waals surface area (Å²) in [5, 5.41) is 0. The van der Waals surface area contributed by atoms with Gasteiger partial charge in [-0.1, -0.05) is 0 Å². The van der Waals surface area contributed by atoms with Gasteiger partial charge in [-0.2, -0.15) is 0 Å². The summed E-state index contributed by atoms with van der Waals surface area (Å²) in [6.45, 7) is 14.1. The summed E-state index contributed by atoms with van der Waals surface area (Å²) in [7, 11) is 0. The van der Waals surface area contributed by atoms with E-state index in [2.05, 4.69) is 65.8 Å². The minimum absolute atomic E-state index is 0.317. The minimum atomic E-state index is -0.575. The molecule has 0 spiro atoms. The molecule has 0 bridgehead atoms. The fraction of sp³-hybridized carbons (Fsp3) is 0.556. The maximum absolute atomic E-state index is 2.38. The van der Waals surface area contributed by atoms with Crippen LogP contribution in [0.5, 0.6) is 0 Å². The number of hydrogen-bond donors (Lipinski definition) is 0. The van der Waals surface area contributed by atoms with Gasteiger partial charge in [-0.15, -0.1) is 0 Å². The van der Waals surface area contributed by atoms with Crippen molar-refractivity contribution in [2.24, 2.45) is 10.8 Å². The molecule has 2 aliphatic carbocycles. The third kappa shape index (κ3) is 3.49. The van der Waals surface area contributed by atoms with Gasteiger partial charge in [0.15, 0.2) is 0 Å². The molecular weight excluding hydrogens is 307 g/mol. The second-order valence-corrected chi connectivity index (χ2v) is 11.2. The van der Waals surface area contributed by atoms with E-state index in [1.54, 1.807) is 17.7 Å². The second-order valence-electron chi connectivity index (χ2n) is 7.62. The Bertz CT molecular complexity index is 439. The van der Waals surface area contributed by atoms with Crippen molar-refractivity contribution in [2.75, 3.05) is 0 Å². The Morgan fingerprint density at radius 1 is 0.737 bits per heavy atom. The maximum atomic E-state index is 2.38. The molecule has 19 heavy (non-hydrogen) atoms. The predicted molar refractivity (Wildman–Crippen MR) is 80.5 cm³/mol. The van der Waals surface area contributed by atoms with E-state index in [1.165, 1.54) is 12.8 Å². The Morgan fingerprint density at radius 2 is 1.11 bits per heavy atom. The Hall–Kier alpha value is -0.157. The normalized spacial score (nSPS) is 19.9. The summed E-state index contributed by atoms with van der Waals surface area (Å²) in [6.07, 6.45) is 12.0. The van der Waals surface area contributed by atoms with Crippen molar-refractivity contribution in [1.82, 2.24) is 0 Å². The van der Waals surface area contributed by atoms with E-state index in [-0.39, 0.29) is 0 Å². The molecule has 0 N–H and O–H groups in total. The van der Waals surface area contributed by atoms with Crippen molar-refractivity contribution in [3.63, 3.8) is 0 Å². The first kappa shape index (κ1) is 15.2. The summed E-state index contributed by atoms with van der Waals surface area (Å²) in [4.78, 5) is 0. The van der Waals surface area contributed by atoms with E-state index >= 15 is 0 Å². The molecule has 0 unspecified atom stereocenters. The quantitative estimate of drug-likeness (QED) is 0.618. The Morgan fingerprint density at radius 3 is 1.42 bits per heavy atom. The molecule has 0 radical (unpaired) electrons. The number of rotatable bonds is 2. The average Bonchev–Trinajstić information content (AvgIpc) is 2.83. The number of hydrogen-bond acceptors (Lipinski definition) is 0. The van der Waals surface area contributed by atoms with Crippen molar-refractivity contribution in [2.45, 2.75) is 54.4 Å². The fourth-order valence-corrected chi connectivity index (χ4v) is 7.73. The molecule has 0 fully saturated rings. The van der Waals surface area contributed by atoms with Crippen LogP contribution in [0.25, 0.3) is 0 Å². The number of allylic oxidation sites excluding steroid dienone is 8. The first-order chi connectivity index (χ1) is 8.69. The van der Waals surface area contributed by atoms with Crippen molar-refractivity contribution in [1.29, 1.82) is 0 Å². The van der Waals surface area contributed by atoms with Gasteiger partial charge in [0, 0.05) is 0 Å². The van der Waals surface area contributed by atoms with Gasteiger partial charge in [-0.25, -0.2) is 0 Å². The van der Waals surface area contributed by atoms with Gasteiger partial charge in [0.1, 0.15) is 0 Å². The molecule has 0 heterocycles. The van der Waals surface area contributed by atoms with Gasteiger partial charge in [0.25, 0.3) is 0 Å². The molecule has 0 aromatic rings. The summed E-state index contributed by atoms with van der Waals surface area (Å²) < 4.78 is 3.60. The molecule has 0 aromatic carbocycles. The van der Waals surface area contributed by atoms with E-state index in [4.69, 9.17) is 0 Å². The van der Waals surface area contributed by atoms with Gasteiger partial charge in [0.05, 0.1) is 0 Å². The monoisotopic (exact) mass is 332 g/mol. The van der Waals surface area contributed by atoms with Crippen molar-refractivity contribution >= 4 is 0 Å². The standard InChI is InChI=1S/2C9H13.Zr/c2*1-9(2,3)8-6-4-5-7-8;/h2*4,6H,5H2,1-3H3;. The molecule has 1 heteroatoms. The van der Waals surface area contributed by atoms with Gasteiger partial charge >= 0.3 is 130 Å². The third-order valence-electron chi connectivity index (χ3n) is 3.78. The van der Waals surface area contributed by atoms with Gasteiger partial charge in [-0.3, -0.25) is 0 Å². The van der Waals surface area contributed by atoms with Crippen LogP contribution >= 0.6 is 0 Å².